The SMILES string of the molecule is COc1ccc2c(c1)C(C)(C)\C(=C/C=C/C=C1\CC\C(=C/C=C/C=C3/N(C)c4ccc(OC)cc4C3(C)C)C1=O)N2C. The highest BCUT2D eigenvalue weighted by molar-refractivity contribution is 6.11. The number of fused-ring (bicyclic) bond motifs is 2. The quantitative estimate of drug-likeness (QED) is 0.334. The summed E-state index contributed by atoms with van der Waals surface area (Å²) >= 11 is 0. The second-order valence-electron chi connectivity index (χ2n) is 12.2. The highest BCUT2D eigenvalue weighted by Gasteiger charge is 2.39. The van der Waals surface area contributed by atoms with Gasteiger partial charge in [-0.1, -0.05) is 64.2 Å². The molecule has 0 bridgehead atoms. The average molecular weight is 563 g/mol. The highest BCUT2D eigenvalue weighted by Crippen LogP contribution is 2.49. The number of likely N-dealkylation sites (N-methyl/N-ethyl adjacent to an activating group) is 2. The summed E-state index contributed by atoms with van der Waals surface area (Å²) in [7, 11) is 7.60. The molecule has 2 aromatic rings. The average Bonchev–Trinajstić information content (AvgIpc) is 3.49. The second kappa shape index (κ2) is 11.2. The number of ether oxygens (including phenoxy) is 2. The van der Waals surface area contributed by atoms with Crippen LogP contribution in [0.3, 0.4) is 0 Å². The van der Waals surface area contributed by atoms with Gasteiger partial charge in [0.2, 0.25) is 0 Å². The van der Waals surface area contributed by atoms with Gasteiger partial charge in [-0.15, -0.1) is 0 Å². The van der Waals surface area contributed by atoms with Gasteiger partial charge in [0.15, 0.2) is 5.78 Å². The Morgan fingerprint density at radius 1 is 0.643 bits per heavy atom. The van der Waals surface area contributed by atoms with E-state index in [4.69, 9.17) is 9.47 Å². The van der Waals surface area contributed by atoms with Gasteiger partial charge in [0.1, 0.15) is 11.5 Å². The third kappa shape index (κ3) is 5.02. The standard InChI is InChI=1S/C37H42N2O3/c1-36(2)29-23-27(41-7)19-21-31(29)38(5)33(36)15-11-9-13-25-17-18-26(35(25)40)14-10-12-16-34-37(3,4)30-24-28(42-8)20-22-32(30)39(34)6/h9-16,19-24H,17-18H2,1-8H3/b11-9+,12-10+,25-13+,26-14+,33-15+,34-16+. The van der Waals surface area contributed by atoms with Gasteiger partial charge in [0.25, 0.3) is 0 Å². The number of carbonyl (C=O) groups is 1. The zero-order chi connectivity index (χ0) is 30.2. The summed E-state index contributed by atoms with van der Waals surface area (Å²) in [4.78, 5) is 17.5. The van der Waals surface area contributed by atoms with Crippen LogP contribution >= 0.6 is 0 Å². The van der Waals surface area contributed by atoms with Crippen LogP contribution in [0.25, 0.3) is 0 Å². The Balaban J connectivity index is 1.26. The predicted octanol–water partition coefficient (Wildman–Crippen LogP) is 7.95. The minimum Gasteiger partial charge on any atom is -0.497 e. The van der Waals surface area contributed by atoms with Crippen molar-refractivity contribution in [1.82, 2.24) is 0 Å². The molecule has 3 aliphatic rings. The Morgan fingerprint density at radius 2 is 1.02 bits per heavy atom. The first kappa shape index (κ1) is 29.2. The van der Waals surface area contributed by atoms with E-state index in [1.54, 1.807) is 14.2 Å². The molecule has 218 valence electrons. The van der Waals surface area contributed by atoms with Gasteiger partial charge in [0.05, 0.1) is 14.2 Å². The Bertz CT molecular complexity index is 1480. The van der Waals surface area contributed by atoms with Crippen LogP contribution in [0.15, 0.2) is 108 Å². The molecule has 0 N–H and O–H groups in total. The van der Waals surface area contributed by atoms with E-state index in [1.807, 2.05) is 48.6 Å². The molecule has 1 saturated carbocycles. The van der Waals surface area contributed by atoms with Gasteiger partial charge in [-0.2, -0.15) is 0 Å². The molecule has 5 rings (SSSR count). The van der Waals surface area contributed by atoms with E-state index >= 15 is 0 Å². The smallest absolute Gasteiger partial charge is 0.185 e. The van der Waals surface area contributed by atoms with Gasteiger partial charge in [-0.05, 0) is 72.5 Å². The van der Waals surface area contributed by atoms with Crippen molar-refractivity contribution in [3.63, 3.8) is 0 Å². The number of rotatable bonds is 6. The van der Waals surface area contributed by atoms with Crippen LogP contribution < -0.4 is 19.3 Å². The van der Waals surface area contributed by atoms with Crippen molar-refractivity contribution in [3.05, 3.63) is 119 Å². The van der Waals surface area contributed by atoms with E-state index < -0.39 is 0 Å². The molecule has 0 radical (unpaired) electrons. The molecule has 42 heavy (non-hydrogen) atoms. The number of hydrogen-bond acceptors (Lipinski definition) is 5. The summed E-state index contributed by atoms with van der Waals surface area (Å²) in [6.07, 6.45) is 17.8. The Morgan fingerprint density at radius 3 is 1.40 bits per heavy atom. The van der Waals surface area contributed by atoms with E-state index in [-0.39, 0.29) is 16.6 Å². The van der Waals surface area contributed by atoms with Crippen LogP contribution in [0.5, 0.6) is 11.5 Å². The lowest BCUT2D eigenvalue weighted by Gasteiger charge is -2.23. The van der Waals surface area contributed by atoms with Crippen LogP contribution in [-0.2, 0) is 15.6 Å². The molecule has 1 aliphatic carbocycles. The number of benzene rings is 2. The maximum Gasteiger partial charge on any atom is 0.185 e. The van der Waals surface area contributed by atoms with Gasteiger partial charge in [-0.3, -0.25) is 4.79 Å². The Kier molecular flexibility index (Phi) is 7.80. The molecular formula is C37H42N2O3. The minimum atomic E-state index is -0.144. The summed E-state index contributed by atoms with van der Waals surface area (Å²) in [5.74, 6) is 1.88. The van der Waals surface area contributed by atoms with Crippen LogP contribution in [0.4, 0.5) is 11.4 Å². The fourth-order valence-electron chi connectivity index (χ4n) is 6.54. The van der Waals surface area contributed by atoms with Crippen molar-refractivity contribution in [2.24, 2.45) is 0 Å². The zero-order valence-corrected chi connectivity index (χ0v) is 26.1. The van der Waals surface area contributed by atoms with E-state index in [2.05, 4.69) is 88.0 Å². The van der Waals surface area contributed by atoms with Crippen molar-refractivity contribution in [2.45, 2.75) is 51.4 Å². The first-order chi connectivity index (χ1) is 20.0. The van der Waals surface area contributed by atoms with Crippen molar-refractivity contribution >= 4 is 17.2 Å². The lowest BCUT2D eigenvalue weighted by atomic mass is 9.83. The maximum atomic E-state index is 13.1. The lowest BCUT2D eigenvalue weighted by Crippen LogP contribution is -2.22. The van der Waals surface area contributed by atoms with Gasteiger partial charge in [-0.25, -0.2) is 0 Å². The third-order valence-corrected chi connectivity index (χ3v) is 9.05. The van der Waals surface area contributed by atoms with E-state index in [9.17, 15) is 4.79 Å². The number of ketones is 1. The molecule has 0 atom stereocenters. The van der Waals surface area contributed by atoms with E-state index in [0.29, 0.717) is 0 Å². The minimum absolute atomic E-state index is 0.139. The van der Waals surface area contributed by atoms with Crippen LogP contribution in [-0.4, -0.2) is 34.1 Å². The van der Waals surface area contributed by atoms with Crippen LogP contribution in [0.1, 0.15) is 51.7 Å². The summed E-state index contributed by atoms with van der Waals surface area (Å²) in [5.41, 5.74) is 8.72. The van der Waals surface area contributed by atoms with Gasteiger partial charge in [0, 0.05) is 58.8 Å². The van der Waals surface area contributed by atoms with Gasteiger partial charge < -0.3 is 19.3 Å². The van der Waals surface area contributed by atoms with Crippen molar-refractivity contribution in [2.75, 3.05) is 38.1 Å². The Labute approximate surface area is 250 Å². The number of nitrogens with zero attached hydrogens (tertiary/aromatic N) is 2. The number of Topliss-reactive ketones (excluding diaryl/α,β-unsaturated/α-hetero) is 1. The zero-order valence-electron chi connectivity index (χ0n) is 26.1. The number of methoxy groups -OCH3 is 2. The first-order valence-corrected chi connectivity index (χ1v) is 14.6. The first-order valence-electron chi connectivity index (χ1n) is 14.6. The van der Waals surface area contributed by atoms with Crippen molar-refractivity contribution < 1.29 is 14.3 Å². The fraction of sp³-hybridized carbons (Fsp3) is 0.324. The molecule has 0 spiro atoms. The predicted molar refractivity (Wildman–Crippen MR) is 174 cm³/mol. The number of allylic oxidation sites excluding steroid dienone is 12. The van der Waals surface area contributed by atoms with Crippen LogP contribution in [0, 0.1) is 0 Å². The fourth-order valence-corrected chi connectivity index (χ4v) is 6.54. The molecule has 0 unspecified atom stereocenters. The summed E-state index contributed by atoms with van der Waals surface area (Å²) in [6, 6.07) is 12.5. The molecule has 2 heterocycles. The highest BCUT2D eigenvalue weighted by atomic mass is 16.5. The van der Waals surface area contributed by atoms with Gasteiger partial charge >= 0.3 is 0 Å². The van der Waals surface area contributed by atoms with E-state index in [1.165, 1.54) is 33.9 Å². The molecule has 5 heteroatoms. The normalized spacial score (nSPS) is 22.9. The van der Waals surface area contributed by atoms with E-state index in [0.717, 1.165) is 35.5 Å². The Hall–Kier alpha value is -4.25. The molecule has 2 aliphatic heterocycles. The second-order valence-corrected chi connectivity index (χ2v) is 12.2. The topological polar surface area (TPSA) is 42.0 Å². The largest absolute Gasteiger partial charge is 0.497 e. The van der Waals surface area contributed by atoms with Crippen LogP contribution in [0.2, 0.25) is 0 Å². The summed E-state index contributed by atoms with van der Waals surface area (Å²) in [5, 5.41) is 0. The maximum absolute atomic E-state index is 13.1. The lowest BCUT2D eigenvalue weighted by molar-refractivity contribution is -0.111. The summed E-state index contributed by atoms with van der Waals surface area (Å²) < 4.78 is 10.9. The molecule has 5 nitrogen and oxygen atoms in total. The van der Waals surface area contributed by atoms with Crippen molar-refractivity contribution in [3.8, 4) is 11.5 Å². The molecule has 0 amide bonds. The number of hydrogen-bond donors (Lipinski definition) is 0. The molecule has 0 aromatic heterocycles. The molecular weight excluding hydrogens is 520 g/mol. The number of carbonyl (C=O) groups excluding carboxylic acids is 1. The molecule has 1 fully saturated rings. The van der Waals surface area contributed by atoms with Crippen molar-refractivity contribution in [1.29, 1.82) is 0 Å². The summed E-state index contributed by atoms with van der Waals surface area (Å²) in [6.45, 7) is 8.93. The molecule has 0 saturated heterocycles. The number of anilines is 2. The monoisotopic (exact) mass is 562 g/mol. The molecule has 2 aromatic carbocycles. The third-order valence-electron chi connectivity index (χ3n) is 9.05.